The van der Waals surface area contributed by atoms with E-state index in [0.29, 0.717) is 5.69 Å². The highest BCUT2D eigenvalue weighted by molar-refractivity contribution is 5.99. The first-order valence-electron chi connectivity index (χ1n) is 7.71. The van der Waals surface area contributed by atoms with Gasteiger partial charge in [0.2, 0.25) is 0 Å². The van der Waals surface area contributed by atoms with Crippen LogP contribution < -0.4 is 4.74 Å². The van der Waals surface area contributed by atoms with Gasteiger partial charge < -0.3 is 14.6 Å². The van der Waals surface area contributed by atoms with E-state index in [4.69, 9.17) is 4.74 Å². The fourth-order valence-corrected chi connectivity index (χ4v) is 3.99. The number of H-pyrrole nitrogens is 1. The molecule has 1 aromatic heterocycles. The predicted molar refractivity (Wildman–Crippen MR) is 81.6 cm³/mol. The number of hydrogen-bond donors (Lipinski definition) is 1. The number of nitrogens with zero attached hydrogens (tertiary/aromatic N) is 1. The van der Waals surface area contributed by atoms with Crippen molar-refractivity contribution < 1.29 is 9.53 Å². The second-order valence-electron chi connectivity index (χ2n) is 6.27. The second-order valence-corrected chi connectivity index (χ2v) is 6.27. The van der Waals surface area contributed by atoms with Gasteiger partial charge in [0.1, 0.15) is 11.4 Å². The van der Waals surface area contributed by atoms with Crippen LogP contribution in [0.3, 0.4) is 0 Å². The third kappa shape index (κ3) is 2.01. The Morgan fingerprint density at radius 2 is 2.05 bits per heavy atom. The minimum absolute atomic E-state index is 0.127. The van der Waals surface area contributed by atoms with Gasteiger partial charge in [-0.2, -0.15) is 0 Å². The van der Waals surface area contributed by atoms with Gasteiger partial charge in [0.25, 0.3) is 5.91 Å². The molecule has 2 heterocycles. The highest BCUT2D eigenvalue weighted by atomic mass is 16.5. The van der Waals surface area contributed by atoms with Gasteiger partial charge in [-0.3, -0.25) is 4.79 Å². The van der Waals surface area contributed by atoms with Gasteiger partial charge in [-0.1, -0.05) is 12.5 Å². The van der Waals surface area contributed by atoms with Crippen LogP contribution in [0.2, 0.25) is 0 Å². The van der Waals surface area contributed by atoms with Gasteiger partial charge >= 0.3 is 0 Å². The zero-order valence-electron chi connectivity index (χ0n) is 12.3. The summed E-state index contributed by atoms with van der Waals surface area (Å²) in [5, 5.41) is 0.975. The Morgan fingerprint density at radius 1 is 1.29 bits per heavy atom. The van der Waals surface area contributed by atoms with Crippen LogP contribution in [0.25, 0.3) is 10.9 Å². The lowest BCUT2D eigenvalue weighted by atomic mass is 10.0. The minimum atomic E-state index is 0.127. The molecule has 2 aliphatic rings. The molecule has 0 radical (unpaired) electrons. The third-order valence-electron chi connectivity index (χ3n) is 5.09. The Bertz CT molecular complexity index is 679. The van der Waals surface area contributed by atoms with Crippen LogP contribution >= 0.6 is 0 Å². The Labute approximate surface area is 124 Å². The van der Waals surface area contributed by atoms with Crippen molar-refractivity contribution in [3.8, 4) is 5.75 Å². The third-order valence-corrected chi connectivity index (χ3v) is 5.09. The highest BCUT2D eigenvalue weighted by Crippen LogP contribution is 2.38. The molecular weight excluding hydrogens is 264 g/mol. The molecule has 2 atom stereocenters. The number of rotatable bonds is 2. The number of aromatic nitrogens is 1. The summed E-state index contributed by atoms with van der Waals surface area (Å²) in [7, 11) is 1.66. The van der Waals surface area contributed by atoms with Gasteiger partial charge in [0.05, 0.1) is 7.11 Å². The fraction of sp³-hybridized carbons (Fsp3) is 0.471. The molecule has 1 saturated heterocycles. The first-order chi connectivity index (χ1) is 10.3. The zero-order valence-corrected chi connectivity index (χ0v) is 12.3. The fourth-order valence-electron chi connectivity index (χ4n) is 3.99. The summed E-state index contributed by atoms with van der Waals surface area (Å²) in [5.74, 6) is 2.39. The van der Waals surface area contributed by atoms with Crippen molar-refractivity contribution in [2.45, 2.75) is 19.3 Å². The van der Waals surface area contributed by atoms with E-state index in [0.717, 1.165) is 41.6 Å². The smallest absolute Gasteiger partial charge is 0.270 e. The largest absolute Gasteiger partial charge is 0.496 e. The summed E-state index contributed by atoms with van der Waals surface area (Å²) in [6, 6.07) is 7.76. The molecule has 0 spiro atoms. The molecule has 1 aliphatic heterocycles. The molecule has 4 nitrogen and oxygen atoms in total. The molecule has 4 rings (SSSR count). The van der Waals surface area contributed by atoms with Crippen LogP contribution in [0.1, 0.15) is 29.8 Å². The van der Waals surface area contributed by atoms with Crippen molar-refractivity contribution >= 4 is 16.8 Å². The second kappa shape index (κ2) is 4.79. The van der Waals surface area contributed by atoms with Crippen LogP contribution in [0, 0.1) is 11.8 Å². The number of aromatic amines is 1. The lowest BCUT2D eigenvalue weighted by Crippen LogP contribution is -2.29. The Balaban J connectivity index is 1.63. The summed E-state index contributed by atoms with van der Waals surface area (Å²) in [6.45, 7) is 1.85. The summed E-state index contributed by atoms with van der Waals surface area (Å²) >= 11 is 0. The van der Waals surface area contributed by atoms with Crippen molar-refractivity contribution in [3.05, 3.63) is 30.0 Å². The Morgan fingerprint density at radius 3 is 2.76 bits per heavy atom. The minimum Gasteiger partial charge on any atom is -0.496 e. The van der Waals surface area contributed by atoms with Crippen molar-refractivity contribution in [3.63, 3.8) is 0 Å². The lowest BCUT2D eigenvalue weighted by Gasteiger charge is -2.16. The molecule has 1 amide bonds. The summed E-state index contributed by atoms with van der Waals surface area (Å²) in [5.41, 5.74) is 1.63. The van der Waals surface area contributed by atoms with Crippen LogP contribution in [-0.4, -0.2) is 36.0 Å². The van der Waals surface area contributed by atoms with Crippen molar-refractivity contribution in [2.24, 2.45) is 11.8 Å². The van der Waals surface area contributed by atoms with E-state index in [2.05, 4.69) is 4.98 Å². The van der Waals surface area contributed by atoms with E-state index >= 15 is 0 Å². The van der Waals surface area contributed by atoms with Crippen LogP contribution in [0.4, 0.5) is 0 Å². The zero-order chi connectivity index (χ0) is 14.4. The molecule has 21 heavy (non-hydrogen) atoms. The van der Waals surface area contributed by atoms with Gasteiger partial charge in [0.15, 0.2) is 0 Å². The van der Waals surface area contributed by atoms with Crippen molar-refractivity contribution in [1.82, 2.24) is 9.88 Å². The van der Waals surface area contributed by atoms with Crippen LogP contribution in [0.15, 0.2) is 24.3 Å². The maximum absolute atomic E-state index is 12.7. The summed E-state index contributed by atoms with van der Waals surface area (Å²) in [4.78, 5) is 18.0. The number of nitrogens with one attached hydrogen (secondary N) is 1. The average molecular weight is 284 g/mol. The number of methoxy groups -OCH3 is 1. The van der Waals surface area contributed by atoms with Gasteiger partial charge in [-0.15, -0.1) is 0 Å². The number of ether oxygens (including phenoxy) is 1. The van der Waals surface area contributed by atoms with Crippen LogP contribution in [0.5, 0.6) is 5.75 Å². The molecule has 1 saturated carbocycles. The summed E-state index contributed by atoms with van der Waals surface area (Å²) < 4.78 is 5.36. The number of carbonyl (C=O) groups excluding carboxylic acids is 1. The van der Waals surface area contributed by atoms with Gasteiger partial charge in [0, 0.05) is 24.0 Å². The molecule has 2 aromatic rings. The normalized spacial score (nSPS) is 24.5. The first-order valence-corrected chi connectivity index (χ1v) is 7.71. The standard InChI is InChI=1S/C17H20N2O2/c1-21-16-7-3-6-14-13(16)8-15(18-14)17(20)19-9-11-4-2-5-12(11)10-19/h3,6-8,11-12,18H,2,4-5,9-10H2,1H3. The lowest BCUT2D eigenvalue weighted by molar-refractivity contribution is 0.0776. The number of amides is 1. The number of hydrogen-bond acceptors (Lipinski definition) is 2. The van der Waals surface area contributed by atoms with E-state index in [1.54, 1.807) is 7.11 Å². The van der Waals surface area contributed by atoms with Gasteiger partial charge in [-0.05, 0) is 42.9 Å². The van der Waals surface area contributed by atoms with E-state index in [-0.39, 0.29) is 5.91 Å². The number of likely N-dealkylation sites (tertiary alicyclic amines) is 1. The number of benzene rings is 1. The van der Waals surface area contributed by atoms with Gasteiger partial charge in [-0.25, -0.2) is 0 Å². The van der Waals surface area contributed by atoms with Crippen molar-refractivity contribution in [2.75, 3.05) is 20.2 Å². The van der Waals surface area contributed by atoms with E-state index < -0.39 is 0 Å². The summed E-state index contributed by atoms with van der Waals surface area (Å²) in [6.07, 6.45) is 3.91. The highest BCUT2D eigenvalue weighted by Gasteiger charge is 2.38. The molecule has 1 aromatic carbocycles. The Hall–Kier alpha value is -1.97. The topological polar surface area (TPSA) is 45.3 Å². The first kappa shape index (κ1) is 12.7. The van der Waals surface area contributed by atoms with E-state index in [1.807, 2.05) is 29.2 Å². The molecule has 1 aliphatic carbocycles. The van der Waals surface area contributed by atoms with E-state index in [9.17, 15) is 4.79 Å². The quantitative estimate of drug-likeness (QED) is 0.921. The maximum atomic E-state index is 12.7. The molecule has 110 valence electrons. The number of carbonyl (C=O) groups is 1. The van der Waals surface area contributed by atoms with E-state index in [1.165, 1.54) is 19.3 Å². The average Bonchev–Trinajstić information content (AvgIpc) is 3.18. The molecule has 0 bridgehead atoms. The molecule has 2 unspecified atom stereocenters. The SMILES string of the molecule is COc1cccc2[nH]c(C(=O)N3CC4CCCC4C3)cc12. The maximum Gasteiger partial charge on any atom is 0.270 e. The predicted octanol–water partition coefficient (Wildman–Crippen LogP) is 3.05. The molecular formula is C17H20N2O2. The Kier molecular flexibility index (Phi) is 2.91. The van der Waals surface area contributed by atoms with Crippen molar-refractivity contribution in [1.29, 1.82) is 0 Å². The molecule has 1 N–H and O–H groups in total. The molecule has 4 heteroatoms. The number of fused-ring (bicyclic) bond motifs is 2. The molecule has 2 fully saturated rings. The van der Waals surface area contributed by atoms with Crippen LogP contribution in [-0.2, 0) is 0 Å². The monoisotopic (exact) mass is 284 g/mol.